The van der Waals surface area contributed by atoms with Crippen molar-refractivity contribution in [1.82, 2.24) is 24.8 Å². The number of nitrogen functional groups attached to an aromatic ring is 1. The zero-order valence-electron chi connectivity index (χ0n) is 17.9. The second-order valence-corrected chi connectivity index (χ2v) is 7.81. The summed E-state index contributed by atoms with van der Waals surface area (Å²) in [6, 6.07) is 18.5. The molecule has 160 valence electrons. The molecule has 0 radical (unpaired) electrons. The van der Waals surface area contributed by atoms with E-state index in [9.17, 15) is 0 Å². The molecule has 2 heterocycles. The van der Waals surface area contributed by atoms with E-state index in [2.05, 4.69) is 73.4 Å². The lowest BCUT2D eigenvalue weighted by atomic mass is 10.2. The summed E-state index contributed by atoms with van der Waals surface area (Å²) in [6.07, 6.45) is 4.42. The van der Waals surface area contributed by atoms with Gasteiger partial charge in [-0.2, -0.15) is 15.0 Å². The van der Waals surface area contributed by atoms with Crippen LogP contribution in [0.1, 0.15) is 17.0 Å². The molecule has 4 rings (SSSR count). The second-order valence-electron chi connectivity index (χ2n) is 7.81. The van der Waals surface area contributed by atoms with E-state index in [1.807, 2.05) is 30.3 Å². The van der Waals surface area contributed by atoms with E-state index in [-0.39, 0.29) is 5.95 Å². The van der Waals surface area contributed by atoms with E-state index >= 15 is 0 Å². The Balaban J connectivity index is 1.28. The van der Waals surface area contributed by atoms with Crippen molar-refractivity contribution >= 4 is 23.7 Å². The summed E-state index contributed by atoms with van der Waals surface area (Å²) >= 11 is 0. The minimum atomic E-state index is 0.240. The average Bonchev–Trinajstić information content (AvgIpc) is 2.77. The van der Waals surface area contributed by atoms with Crippen molar-refractivity contribution in [3.63, 3.8) is 0 Å². The van der Waals surface area contributed by atoms with Crippen LogP contribution in [-0.2, 0) is 6.54 Å². The first-order valence-electron chi connectivity index (χ1n) is 10.6. The highest BCUT2D eigenvalue weighted by Gasteiger charge is 2.17. The van der Waals surface area contributed by atoms with E-state index in [4.69, 9.17) is 5.73 Å². The van der Waals surface area contributed by atoms with Crippen molar-refractivity contribution in [2.75, 3.05) is 43.8 Å². The van der Waals surface area contributed by atoms with E-state index in [0.717, 1.165) is 38.4 Å². The van der Waals surface area contributed by atoms with Crippen molar-refractivity contribution in [1.29, 1.82) is 0 Å². The topological polar surface area (TPSA) is 83.2 Å². The lowest BCUT2D eigenvalue weighted by Gasteiger charge is -2.33. The first-order chi connectivity index (χ1) is 15.1. The second kappa shape index (κ2) is 10.1. The standard InChI is InChI=1S/C24H29N7/c1-19-9-11-21(12-10-19)26-24-28-22(27-23(25)29-24)18-31-16-14-30(15-17-31)13-5-8-20-6-3-2-4-7-20/h2-12H,13-18H2,1H3,(H3,25,26,27,28,29)/b8-5+. The van der Waals surface area contributed by atoms with E-state index in [0.29, 0.717) is 18.3 Å². The first-order valence-corrected chi connectivity index (χ1v) is 10.6. The van der Waals surface area contributed by atoms with Crippen molar-refractivity contribution < 1.29 is 0 Å². The number of anilines is 3. The minimum Gasteiger partial charge on any atom is -0.368 e. The van der Waals surface area contributed by atoms with Crippen molar-refractivity contribution in [3.05, 3.63) is 77.6 Å². The Labute approximate surface area is 183 Å². The molecule has 7 heteroatoms. The molecule has 0 unspecified atom stereocenters. The Morgan fingerprint density at radius 3 is 2.35 bits per heavy atom. The van der Waals surface area contributed by atoms with Crippen molar-refractivity contribution in [3.8, 4) is 0 Å². The molecule has 0 aliphatic carbocycles. The average molecular weight is 416 g/mol. The molecule has 0 amide bonds. The summed E-state index contributed by atoms with van der Waals surface area (Å²) in [5.41, 5.74) is 9.30. The summed E-state index contributed by atoms with van der Waals surface area (Å²) in [4.78, 5) is 18.0. The third-order valence-corrected chi connectivity index (χ3v) is 5.31. The van der Waals surface area contributed by atoms with Crippen LogP contribution in [0.15, 0.2) is 60.7 Å². The number of piperazine rings is 1. The fourth-order valence-corrected chi connectivity index (χ4v) is 3.56. The molecule has 31 heavy (non-hydrogen) atoms. The highest BCUT2D eigenvalue weighted by molar-refractivity contribution is 5.54. The lowest BCUT2D eigenvalue weighted by Crippen LogP contribution is -2.46. The number of benzene rings is 2. The van der Waals surface area contributed by atoms with Gasteiger partial charge in [-0.1, -0.05) is 60.2 Å². The smallest absolute Gasteiger partial charge is 0.232 e. The fourth-order valence-electron chi connectivity index (χ4n) is 3.56. The predicted molar refractivity (Wildman–Crippen MR) is 126 cm³/mol. The van der Waals surface area contributed by atoms with Gasteiger partial charge in [0.25, 0.3) is 0 Å². The molecule has 1 aliphatic rings. The number of aryl methyl sites for hydroxylation is 1. The lowest BCUT2D eigenvalue weighted by molar-refractivity contribution is 0.134. The Hall–Kier alpha value is -3.29. The van der Waals surface area contributed by atoms with Gasteiger partial charge in [0, 0.05) is 38.4 Å². The summed E-state index contributed by atoms with van der Waals surface area (Å²) in [7, 11) is 0. The van der Waals surface area contributed by atoms with Crippen LogP contribution in [0.25, 0.3) is 6.08 Å². The molecule has 1 fully saturated rings. The van der Waals surface area contributed by atoms with Gasteiger partial charge in [0.15, 0.2) is 0 Å². The maximum absolute atomic E-state index is 5.93. The van der Waals surface area contributed by atoms with Crippen LogP contribution in [0.2, 0.25) is 0 Å². The van der Waals surface area contributed by atoms with Crippen LogP contribution >= 0.6 is 0 Å². The van der Waals surface area contributed by atoms with E-state index in [1.165, 1.54) is 11.1 Å². The molecule has 1 aliphatic heterocycles. The molecular formula is C24H29N7. The number of rotatable bonds is 7. The summed E-state index contributed by atoms with van der Waals surface area (Å²) in [5.74, 6) is 1.42. The predicted octanol–water partition coefficient (Wildman–Crippen LogP) is 3.34. The first kappa shape index (κ1) is 21.0. The van der Waals surface area contributed by atoms with E-state index < -0.39 is 0 Å². The minimum absolute atomic E-state index is 0.240. The van der Waals surface area contributed by atoms with Crippen molar-refractivity contribution in [2.24, 2.45) is 0 Å². The van der Waals surface area contributed by atoms with Crippen LogP contribution < -0.4 is 11.1 Å². The zero-order valence-corrected chi connectivity index (χ0v) is 17.9. The normalized spacial score (nSPS) is 15.4. The third kappa shape index (κ3) is 6.34. The number of nitrogens with one attached hydrogen (secondary N) is 1. The van der Waals surface area contributed by atoms with Crippen LogP contribution in [0.5, 0.6) is 0 Å². The SMILES string of the molecule is Cc1ccc(Nc2nc(N)nc(CN3CCN(C/C=C/c4ccccc4)CC3)n2)cc1. The van der Waals surface area contributed by atoms with Crippen LogP contribution in [0, 0.1) is 6.92 Å². The molecule has 3 aromatic rings. The van der Waals surface area contributed by atoms with Gasteiger partial charge in [0.1, 0.15) is 5.82 Å². The Bertz CT molecular complexity index is 994. The van der Waals surface area contributed by atoms with Crippen LogP contribution in [-0.4, -0.2) is 57.5 Å². The Kier molecular flexibility index (Phi) is 6.86. The van der Waals surface area contributed by atoms with Crippen molar-refractivity contribution in [2.45, 2.75) is 13.5 Å². The van der Waals surface area contributed by atoms with Gasteiger partial charge in [0.05, 0.1) is 6.54 Å². The maximum atomic E-state index is 5.93. The monoisotopic (exact) mass is 415 g/mol. The molecule has 0 saturated carbocycles. The van der Waals surface area contributed by atoms with Gasteiger partial charge in [-0.25, -0.2) is 0 Å². The zero-order chi connectivity index (χ0) is 21.5. The number of hydrogen-bond acceptors (Lipinski definition) is 7. The van der Waals surface area contributed by atoms with Gasteiger partial charge >= 0.3 is 0 Å². The highest BCUT2D eigenvalue weighted by Crippen LogP contribution is 2.15. The summed E-state index contributed by atoms with van der Waals surface area (Å²) in [6.45, 7) is 7.69. The number of nitrogens with zero attached hydrogens (tertiary/aromatic N) is 5. The summed E-state index contributed by atoms with van der Waals surface area (Å²) < 4.78 is 0. The Morgan fingerprint density at radius 2 is 1.61 bits per heavy atom. The summed E-state index contributed by atoms with van der Waals surface area (Å²) in [5, 5.41) is 3.22. The molecule has 0 bridgehead atoms. The van der Waals surface area contributed by atoms with E-state index in [1.54, 1.807) is 0 Å². The number of aromatic nitrogens is 3. The molecular weight excluding hydrogens is 386 g/mol. The fraction of sp³-hybridized carbons (Fsp3) is 0.292. The Morgan fingerprint density at radius 1 is 0.903 bits per heavy atom. The van der Waals surface area contributed by atoms with Gasteiger partial charge < -0.3 is 11.1 Å². The molecule has 3 N–H and O–H groups in total. The van der Waals surface area contributed by atoms with Gasteiger partial charge in [0.2, 0.25) is 11.9 Å². The van der Waals surface area contributed by atoms with Crippen LogP contribution in [0.4, 0.5) is 17.6 Å². The quantitative estimate of drug-likeness (QED) is 0.612. The highest BCUT2D eigenvalue weighted by atomic mass is 15.3. The molecule has 1 aromatic heterocycles. The largest absolute Gasteiger partial charge is 0.368 e. The molecule has 1 saturated heterocycles. The molecule has 0 atom stereocenters. The molecule has 0 spiro atoms. The maximum Gasteiger partial charge on any atom is 0.232 e. The van der Waals surface area contributed by atoms with Gasteiger partial charge in [-0.15, -0.1) is 0 Å². The van der Waals surface area contributed by atoms with Gasteiger partial charge in [-0.05, 0) is 24.6 Å². The number of nitrogens with two attached hydrogens (primary N) is 1. The van der Waals surface area contributed by atoms with Crippen LogP contribution in [0.3, 0.4) is 0 Å². The molecule has 7 nitrogen and oxygen atoms in total. The third-order valence-electron chi connectivity index (χ3n) is 5.31. The molecule has 2 aromatic carbocycles. The number of hydrogen-bond donors (Lipinski definition) is 2. The van der Waals surface area contributed by atoms with Gasteiger partial charge in [-0.3, -0.25) is 9.80 Å².